The summed E-state index contributed by atoms with van der Waals surface area (Å²) in [5.74, 6) is 0.379. The number of rotatable bonds is 10. The summed E-state index contributed by atoms with van der Waals surface area (Å²) in [6.07, 6.45) is 4.40. The van der Waals surface area contributed by atoms with Crippen molar-refractivity contribution in [2.24, 2.45) is 0 Å². The van der Waals surface area contributed by atoms with E-state index in [0.29, 0.717) is 18.0 Å². The summed E-state index contributed by atoms with van der Waals surface area (Å²) < 4.78 is 5.28. The van der Waals surface area contributed by atoms with E-state index in [1.165, 1.54) is 0 Å². The Balaban J connectivity index is 1.29. The monoisotopic (exact) mass is 433 g/mol. The molecule has 4 rings (SSSR count). The molecule has 0 aliphatic heterocycles. The van der Waals surface area contributed by atoms with Crippen molar-refractivity contribution in [1.29, 1.82) is 0 Å². The van der Waals surface area contributed by atoms with Crippen LogP contribution in [0.3, 0.4) is 0 Å². The number of hydrogen-bond donors (Lipinski definition) is 1. The summed E-state index contributed by atoms with van der Waals surface area (Å²) in [4.78, 5) is 24.5. The minimum atomic E-state index is -0.229. The maximum Gasteiger partial charge on any atom is 0.273 e. The van der Waals surface area contributed by atoms with Gasteiger partial charge in [0.15, 0.2) is 11.5 Å². The zero-order valence-corrected chi connectivity index (χ0v) is 17.8. The first-order chi connectivity index (χ1) is 15.3. The number of hydrogen-bond acceptors (Lipinski definition) is 7. The van der Waals surface area contributed by atoms with Gasteiger partial charge in [-0.05, 0) is 42.1 Å². The van der Waals surface area contributed by atoms with E-state index >= 15 is 0 Å². The summed E-state index contributed by atoms with van der Waals surface area (Å²) in [6.45, 7) is 2.78. The molecule has 4 heterocycles. The first-order valence-corrected chi connectivity index (χ1v) is 11.0. The van der Waals surface area contributed by atoms with E-state index in [9.17, 15) is 4.79 Å². The molecule has 4 aromatic rings. The second-order valence-corrected chi connectivity index (χ2v) is 7.96. The van der Waals surface area contributed by atoms with Crippen LogP contribution in [0.5, 0.6) is 0 Å². The fourth-order valence-corrected chi connectivity index (χ4v) is 3.84. The van der Waals surface area contributed by atoms with Gasteiger partial charge in [0.1, 0.15) is 0 Å². The molecule has 4 aromatic heterocycles. The molecule has 0 aliphatic rings. The van der Waals surface area contributed by atoms with Crippen LogP contribution in [0.15, 0.2) is 76.9 Å². The molecule has 31 heavy (non-hydrogen) atoms. The van der Waals surface area contributed by atoms with E-state index in [1.54, 1.807) is 29.8 Å². The molecule has 0 aromatic carbocycles. The van der Waals surface area contributed by atoms with Gasteiger partial charge in [0.05, 0.1) is 16.3 Å². The fourth-order valence-electron chi connectivity index (χ4n) is 3.17. The van der Waals surface area contributed by atoms with Gasteiger partial charge in [0.2, 0.25) is 0 Å². The molecular formula is C23H23N5O2S. The second-order valence-electron chi connectivity index (χ2n) is 7.02. The van der Waals surface area contributed by atoms with Crippen LogP contribution >= 0.6 is 11.3 Å². The number of aromatic nitrogens is 3. The molecule has 0 aliphatic carbocycles. The maximum absolute atomic E-state index is 12.4. The van der Waals surface area contributed by atoms with Crippen LogP contribution in [0, 0.1) is 0 Å². The van der Waals surface area contributed by atoms with Crippen LogP contribution in [0.1, 0.15) is 28.3 Å². The normalized spacial score (nSPS) is 11.0. The number of nitrogens with one attached hydrogen (secondary N) is 1. The van der Waals surface area contributed by atoms with Crippen molar-refractivity contribution in [3.8, 4) is 10.6 Å². The first-order valence-electron chi connectivity index (χ1n) is 10.1. The van der Waals surface area contributed by atoms with Crippen LogP contribution < -0.4 is 5.32 Å². The molecule has 0 spiro atoms. The minimum absolute atomic E-state index is 0.229. The van der Waals surface area contributed by atoms with Gasteiger partial charge in [0.25, 0.3) is 5.91 Å². The van der Waals surface area contributed by atoms with Gasteiger partial charge in [0, 0.05) is 44.6 Å². The number of carbonyl (C=O) groups excluding carboxylic acids is 1. The zero-order chi connectivity index (χ0) is 21.3. The molecule has 0 atom stereocenters. The number of amides is 1. The van der Waals surface area contributed by atoms with Crippen molar-refractivity contribution in [2.75, 3.05) is 13.1 Å². The second kappa shape index (κ2) is 10.6. The van der Waals surface area contributed by atoms with Gasteiger partial charge in [-0.1, -0.05) is 23.4 Å². The summed E-state index contributed by atoms with van der Waals surface area (Å²) in [5.41, 5.74) is 2.31. The Morgan fingerprint density at radius 2 is 1.74 bits per heavy atom. The number of pyridine rings is 2. The van der Waals surface area contributed by atoms with E-state index in [2.05, 4.69) is 25.3 Å². The highest BCUT2D eigenvalue weighted by molar-refractivity contribution is 7.13. The summed E-state index contributed by atoms with van der Waals surface area (Å²) >= 11 is 1.55. The van der Waals surface area contributed by atoms with E-state index < -0.39 is 0 Å². The smallest absolute Gasteiger partial charge is 0.273 e. The van der Waals surface area contributed by atoms with Crippen LogP contribution in [-0.4, -0.2) is 39.0 Å². The third kappa shape index (κ3) is 6.07. The van der Waals surface area contributed by atoms with E-state index in [0.717, 1.165) is 42.3 Å². The highest BCUT2D eigenvalue weighted by Gasteiger charge is 2.14. The highest BCUT2D eigenvalue weighted by Crippen LogP contribution is 2.25. The van der Waals surface area contributed by atoms with Gasteiger partial charge in [-0.3, -0.25) is 19.7 Å². The lowest BCUT2D eigenvalue weighted by atomic mass is 10.2. The fraction of sp³-hybridized carbons (Fsp3) is 0.217. The van der Waals surface area contributed by atoms with Crippen LogP contribution in [0.25, 0.3) is 10.6 Å². The summed E-state index contributed by atoms with van der Waals surface area (Å²) in [5, 5.41) is 8.77. The number of nitrogens with zero attached hydrogens (tertiary/aromatic N) is 4. The average molecular weight is 434 g/mol. The SMILES string of the molecule is O=C(NCCCN(Cc1ccccn1)Cc1ccccn1)c1cc(-c2cccs2)on1. The van der Waals surface area contributed by atoms with Crippen molar-refractivity contribution in [1.82, 2.24) is 25.3 Å². The molecule has 0 bridgehead atoms. The Labute approximate surface area is 184 Å². The standard InChI is InChI=1S/C23H23N5O2S/c29-23(20-15-21(30-27-20)22-9-5-14-31-22)26-12-6-13-28(16-18-7-1-3-10-24-18)17-19-8-2-4-11-25-19/h1-5,7-11,14-15H,6,12-13,16-17H2,(H,26,29). The Hall–Kier alpha value is -3.36. The van der Waals surface area contributed by atoms with E-state index in [1.807, 2.05) is 53.9 Å². The quantitative estimate of drug-likeness (QED) is 0.380. The molecule has 1 N–H and O–H groups in total. The van der Waals surface area contributed by atoms with Gasteiger partial charge in [-0.25, -0.2) is 0 Å². The van der Waals surface area contributed by atoms with Crippen molar-refractivity contribution < 1.29 is 9.32 Å². The van der Waals surface area contributed by atoms with Crippen molar-refractivity contribution in [2.45, 2.75) is 19.5 Å². The van der Waals surface area contributed by atoms with Gasteiger partial charge >= 0.3 is 0 Å². The lowest BCUT2D eigenvalue weighted by molar-refractivity contribution is 0.0942. The highest BCUT2D eigenvalue weighted by atomic mass is 32.1. The summed E-state index contributed by atoms with van der Waals surface area (Å²) in [7, 11) is 0. The molecule has 8 heteroatoms. The largest absolute Gasteiger partial charge is 0.355 e. The molecule has 0 saturated carbocycles. The van der Waals surface area contributed by atoms with Crippen molar-refractivity contribution in [3.63, 3.8) is 0 Å². The molecule has 0 fully saturated rings. The topological polar surface area (TPSA) is 84.2 Å². The zero-order valence-electron chi connectivity index (χ0n) is 17.0. The molecule has 0 radical (unpaired) electrons. The Bertz CT molecular complexity index is 1030. The minimum Gasteiger partial charge on any atom is -0.355 e. The molecule has 1 amide bonds. The average Bonchev–Trinajstić information content (AvgIpc) is 3.50. The molecule has 7 nitrogen and oxygen atoms in total. The van der Waals surface area contributed by atoms with Crippen molar-refractivity contribution in [3.05, 3.63) is 89.5 Å². The van der Waals surface area contributed by atoms with Crippen LogP contribution in [-0.2, 0) is 13.1 Å². The predicted molar refractivity (Wildman–Crippen MR) is 119 cm³/mol. The van der Waals surface area contributed by atoms with Gasteiger partial charge < -0.3 is 9.84 Å². The molecule has 158 valence electrons. The van der Waals surface area contributed by atoms with Crippen LogP contribution in [0.2, 0.25) is 0 Å². The Morgan fingerprint density at radius 1 is 1.00 bits per heavy atom. The third-order valence-corrected chi connectivity index (χ3v) is 5.55. The Kier molecular flexibility index (Phi) is 7.15. The van der Waals surface area contributed by atoms with Crippen LogP contribution in [0.4, 0.5) is 0 Å². The van der Waals surface area contributed by atoms with Gasteiger partial charge in [-0.15, -0.1) is 11.3 Å². The maximum atomic E-state index is 12.4. The number of carbonyl (C=O) groups is 1. The first kappa shape index (κ1) is 20.9. The third-order valence-electron chi connectivity index (χ3n) is 4.67. The lowest BCUT2D eigenvalue weighted by Crippen LogP contribution is -2.30. The lowest BCUT2D eigenvalue weighted by Gasteiger charge is -2.21. The summed E-state index contributed by atoms with van der Waals surface area (Å²) in [6, 6.07) is 17.4. The van der Waals surface area contributed by atoms with Crippen molar-refractivity contribution >= 4 is 17.2 Å². The molecular weight excluding hydrogens is 410 g/mol. The van der Waals surface area contributed by atoms with E-state index in [4.69, 9.17) is 4.52 Å². The Morgan fingerprint density at radius 3 is 2.35 bits per heavy atom. The predicted octanol–water partition coefficient (Wildman–Crippen LogP) is 4.02. The van der Waals surface area contributed by atoms with E-state index in [-0.39, 0.29) is 5.91 Å². The van der Waals surface area contributed by atoms with Gasteiger partial charge in [-0.2, -0.15) is 0 Å². The molecule has 0 unspecified atom stereocenters. The number of thiophene rings is 1. The molecule has 0 saturated heterocycles.